The standard InChI is InChI=1S/C24H42N6O/c1-18-20(21(25-5)24(2,3)4)26-23(27-22(18)31)30(17-19-9-7-8-10-19)16-15-29-13-11-28(6)12-14-29/h19H,7-17H2,1-6H3,(H,26,27,31). The lowest BCUT2D eigenvalue weighted by Gasteiger charge is -2.35. The second-order valence-corrected chi connectivity index (χ2v) is 10.4. The summed E-state index contributed by atoms with van der Waals surface area (Å²) in [6.07, 6.45) is 5.18. The highest BCUT2D eigenvalue weighted by Crippen LogP contribution is 2.27. The van der Waals surface area contributed by atoms with Crippen LogP contribution in [-0.4, -0.2) is 85.4 Å². The van der Waals surface area contributed by atoms with E-state index in [0.29, 0.717) is 17.4 Å². The molecule has 1 aromatic rings. The van der Waals surface area contributed by atoms with Crippen molar-refractivity contribution in [3.63, 3.8) is 0 Å². The average molecular weight is 431 g/mol. The summed E-state index contributed by atoms with van der Waals surface area (Å²) >= 11 is 0. The fraction of sp³-hybridized carbons (Fsp3) is 0.792. The fourth-order valence-corrected chi connectivity index (χ4v) is 4.82. The molecule has 1 N–H and O–H groups in total. The van der Waals surface area contributed by atoms with Gasteiger partial charge in [-0.3, -0.25) is 19.7 Å². The summed E-state index contributed by atoms with van der Waals surface area (Å²) in [4.78, 5) is 32.8. The smallest absolute Gasteiger partial charge is 0.255 e. The normalized spacial score (nSPS) is 19.9. The van der Waals surface area contributed by atoms with Crippen molar-refractivity contribution in [2.24, 2.45) is 16.3 Å². The zero-order valence-corrected chi connectivity index (χ0v) is 20.5. The Hall–Kier alpha value is -1.73. The number of hydrogen-bond donors (Lipinski definition) is 1. The molecule has 1 saturated heterocycles. The molecule has 0 spiro atoms. The van der Waals surface area contributed by atoms with Gasteiger partial charge in [0.15, 0.2) is 0 Å². The zero-order valence-electron chi connectivity index (χ0n) is 20.5. The van der Waals surface area contributed by atoms with Gasteiger partial charge >= 0.3 is 0 Å². The van der Waals surface area contributed by atoms with Crippen molar-refractivity contribution in [1.29, 1.82) is 0 Å². The molecule has 2 heterocycles. The first-order valence-electron chi connectivity index (χ1n) is 11.9. The van der Waals surface area contributed by atoms with Gasteiger partial charge in [0.2, 0.25) is 5.95 Å². The lowest BCUT2D eigenvalue weighted by atomic mass is 9.86. The van der Waals surface area contributed by atoms with Crippen molar-refractivity contribution in [3.8, 4) is 0 Å². The maximum atomic E-state index is 12.9. The van der Waals surface area contributed by atoms with Crippen molar-refractivity contribution in [1.82, 2.24) is 19.8 Å². The van der Waals surface area contributed by atoms with Gasteiger partial charge in [0.25, 0.3) is 5.56 Å². The van der Waals surface area contributed by atoms with E-state index in [1.807, 2.05) is 6.92 Å². The summed E-state index contributed by atoms with van der Waals surface area (Å²) in [6.45, 7) is 15.5. The molecule has 7 heteroatoms. The van der Waals surface area contributed by atoms with Gasteiger partial charge < -0.3 is 9.80 Å². The number of aromatic nitrogens is 2. The summed E-state index contributed by atoms with van der Waals surface area (Å²) < 4.78 is 0. The minimum absolute atomic E-state index is 0.0542. The molecule has 2 fully saturated rings. The number of hydrogen-bond acceptors (Lipinski definition) is 6. The number of piperazine rings is 1. The Morgan fingerprint density at radius 3 is 2.42 bits per heavy atom. The summed E-state index contributed by atoms with van der Waals surface area (Å²) in [7, 11) is 3.99. The molecule has 174 valence electrons. The molecule has 31 heavy (non-hydrogen) atoms. The molecule has 7 nitrogen and oxygen atoms in total. The number of aromatic amines is 1. The van der Waals surface area contributed by atoms with Crippen molar-refractivity contribution in [2.75, 3.05) is 64.8 Å². The topological polar surface area (TPSA) is 67.8 Å². The third-order valence-electron chi connectivity index (χ3n) is 6.83. The zero-order chi connectivity index (χ0) is 22.6. The molecule has 1 aromatic heterocycles. The van der Waals surface area contributed by atoms with Crippen molar-refractivity contribution in [2.45, 2.75) is 53.4 Å². The van der Waals surface area contributed by atoms with Crippen LogP contribution in [0.1, 0.15) is 57.7 Å². The second kappa shape index (κ2) is 10.3. The Bertz CT molecular complexity index is 810. The SMILES string of the molecule is CN=C(c1nc(N(CCN2CCN(C)CC2)CC2CCCC2)[nH]c(=O)c1C)C(C)(C)C. The Balaban J connectivity index is 1.87. The van der Waals surface area contributed by atoms with Crippen LogP contribution in [-0.2, 0) is 0 Å². The minimum atomic E-state index is -0.173. The third-order valence-corrected chi connectivity index (χ3v) is 6.83. The molecule has 1 aliphatic heterocycles. The van der Waals surface area contributed by atoms with E-state index in [4.69, 9.17) is 4.98 Å². The number of nitrogens with zero attached hydrogens (tertiary/aromatic N) is 5. The van der Waals surface area contributed by atoms with E-state index < -0.39 is 0 Å². The highest BCUT2D eigenvalue weighted by Gasteiger charge is 2.27. The van der Waals surface area contributed by atoms with Crippen molar-refractivity contribution in [3.05, 3.63) is 21.6 Å². The van der Waals surface area contributed by atoms with Gasteiger partial charge in [-0.2, -0.15) is 0 Å². The summed E-state index contributed by atoms with van der Waals surface area (Å²) in [5.74, 6) is 1.39. The van der Waals surface area contributed by atoms with E-state index >= 15 is 0 Å². The minimum Gasteiger partial charge on any atom is -0.341 e. The maximum absolute atomic E-state index is 12.9. The maximum Gasteiger partial charge on any atom is 0.255 e. The van der Waals surface area contributed by atoms with Crippen LogP contribution in [0.25, 0.3) is 0 Å². The van der Waals surface area contributed by atoms with Crippen LogP contribution in [0.2, 0.25) is 0 Å². The monoisotopic (exact) mass is 430 g/mol. The Kier molecular flexibility index (Phi) is 7.92. The molecule has 0 unspecified atom stereocenters. The molecule has 0 amide bonds. The molecule has 3 rings (SSSR count). The first-order chi connectivity index (χ1) is 14.7. The molecule has 0 radical (unpaired) electrons. The van der Waals surface area contributed by atoms with Crippen LogP contribution < -0.4 is 10.5 Å². The average Bonchev–Trinajstić information content (AvgIpc) is 3.22. The van der Waals surface area contributed by atoms with E-state index in [1.54, 1.807) is 7.05 Å². The van der Waals surface area contributed by atoms with Crippen LogP contribution in [0.15, 0.2) is 9.79 Å². The van der Waals surface area contributed by atoms with Crippen LogP contribution in [0, 0.1) is 18.3 Å². The van der Waals surface area contributed by atoms with Crippen LogP contribution in [0.4, 0.5) is 5.95 Å². The largest absolute Gasteiger partial charge is 0.341 e. The van der Waals surface area contributed by atoms with Gasteiger partial charge in [-0.25, -0.2) is 4.98 Å². The van der Waals surface area contributed by atoms with E-state index in [-0.39, 0.29) is 11.0 Å². The number of aliphatic imine (C=N–C) groups is 1. The Labute approximate surface area is 187 Å². The number of anilines is 1. The number of rotatable bonds is 7. The van der Waals surface area contributed by atoms with Gasteiger partial charge in [-0.1, -0.05) is 33.6 Å². The molecular weight excluding hydrogens is 388 g/mol. The number of likely N-dealkylation sites (N-methyl/N-ethyl adjacent to an activating group) is 1. The van der Waals surface area contributed by atoms with E-state index in [9.17, 15) is 4.79 Å². The van der Waals surface area contributed by atoms with Crippen molar-refractivity contribution >= 4 is 11.7 Å². The molecule has 2 aliphatic rings. The highest BCUT2D eigenvalue weighted by molar-refractivity contribution is 6.03. The Morgan fingerprint density at radius 1 is 1.19 bits per heavy atom. The summed E-state index contributed by atoms with van der Waals surface area (Å²) in [5.41, 5.74) is 2.05. The second-order valence-electron chi connectivity index (χ2n) is 10.4. The molecular formula is C24H42N6O. The van der Waals surface area contributed by atoms with Crippen LogP contribution in [0.3, 0.4) is 0 Å². The first-order valence-corrected chi connectivity index (χ1v) is 11.9. The third kappa shape index (κ3) is 6.16. The van der Waals surface area contributed by atoms with Gasteiger partial charge in [0, 0.05) is 63.8 Å². The lowest BCUT2D eigenvalue weighted by molar-refractivity contribution is 0.156. The van der Waals surface area contributed by atoms with Gasteiger partial charge in [-0.15, -0.1) is 0 Å². The van der Waals surface area contributed by atoms with Gasteiger partial charge in [-0.05, 0) is 32.7 Å². The summed E-state index contributed by atoms with van der Waals surface area (Å²) in [5, 5.41) is 0. The predicted octanol–water partition coefficient (Wildman–Crippen LogP) is 2.79. The van der Waals surface area contributed by atoms with Gasteiger partial charge in [0.1, 0.15) is 0 Å². The van der Waals surface area contributed by atoms with Crippen molar-refractivity contribution < 1.29 is 0 Å². The molecule has 0 aromatic carbocycles. The quantitative estimate of drug-likeness (QED) is 0.674. The molecule has 0 bridgehead atoms. The van der Waals surface area contributed by atoms with Crippen LogP contribution >= 0.6 is 0 Å². The Morgan fingerprint density at radius 2 is 1.84 bits per heavy atom. The summed E-state index contributed by atoms with van der Waals surface area (Å²) in [6, 6.07) is 0. The molecule has 0 atom stereocenters. The number of H-pyrrole nitrogens is 1. The van der Waals surface area contributed by atoms with E-state index in [1.165, 1.54) is 25.7 Å². The number of nitrogens with one attached hydrogen (secondary N) is 1. The first kappa shape index (κ1) is 23.9. The fourth-order valence-electron chi connectivity index (χ4n) is 4.82. The highest BCUT2D eigenvalue weighted by atomic mass is 16.1. The lowest BCUT2D eigenvalue weighted by Crippen LogP contribution is -2.47. The van der Waals surface area contributed by atoms with E-state index in [2.05, 4.69) is 52.5 Å². The van der Waals surface area contributed by atoms with Crippen LogP contribution in [0.5, 0.6) is 0 Å². The predicted molar refractivity (Wildman–Crippen MR) is 130 cm³/mol. The van der Waals surface area contributed by atoms with Gasteiger partial charge in [0.05, 0.1) is 11.4 Å². The molecule has 1 saturated carbocycles. The van der Waals surface area contributed by atoms with E-state index in [0.717, 1.165) is 57.2 Å². The molecule has 1 aliphatic carbocycles.